The van der Waals surface area contributed by atoms with Gasteiger partial charge in [-0.3, -0.25) is 4.68 Å². The van der Waals surface area contributed by atoms with E-state index in [9.17, 15) is 13.2 Å². The van der Waals surface area contributed by atoms with E-state index in [-0.39, 0.29) is 12.5 Å². The molecule has 0 unspecified atom stereocenters. The van der Waals surface area contributed by atoms with Crippen molar-refractivity contribution in [1.82, 2.24) is 34.1 Å². The average molecular weight is 553 g/mol. The number of rotatable bonds is 7. The molecule has 1 N–H and O–H groups in total. The fourth-order valence-corrected chi connectivity index (χ4v) is 5.22. The van der Waals surface area contributed by atoms with Gasteiger partial charge in [-0.05, 0) is 24.1 Å². The van der Waals surface area contributed by atoms with E-state index < -0.39 is 12.6 Å². The monoisotopic (exact) mass is 552 g/mol. The number of hydrogen-bond donors (Lipinski definition) is 1. The molecule has 0 fully saturated rings. The van der Waals surface area contributed by atoms with Crippen molar-refractivity contribution >= 4 is 23.2 Å². The van der Waals surface area contributed by atoms with Gasteiger partial charge >= 0.3 is 6.18 Å². The van der Waals surface area contributed by atoms with Crippen LogP contribution in [0.2, 0.25) is 5.02 Å². The quantitative estimate of drug-likeness (QED) is 0.259. The second-order valence-electron chi connectivity index (χ2n) is 9.55. The molecule has 39 heavy (non-hydrogen) atoms. The summed E-state index contributed by atoms with van der Waals surface area (Å²) in [4.78, 5) is 4.39. The lowest BCUT2D eigenvalue weighted by atomic mass is 10.0. The molecule has 1 atom stereocenters. The number of pyridine rings is 1. The number of nitrogens with one attached hydrogen (secondary N) is 1. The Hall–Kier alpha value is -4.12. The Kier molecular flexibility index (Phi) is 6.38. The number of aryl methyl sites for hydroxylation is 2. The summed E-state index contributed by atoms with van der Waals surface area (Å²) in [5, 5.41) is 16.4. The molecule has 0 radical (unpaired) electrons. The molecule has 0 saturated heterocycles. The van der Waals surface area contributed by atoms with Gasteiger partial charge in [0, 0.05) is 49.6 Å². The van der Waals surface area contributed by atoms with Crippen molar-refractivity contribution in [3.05, 3.63) is 83.5 Å². The Bertz CT molecular complexity index is 1620. The van der Waals surface area contributed by atoms with Crippen molar-refractivity contribution < 1.29 is 13.2 Å². The van der Waals surface area contributed by atoms with Gasteiger partial charge in [-0.15, -0.1) is 10.2 Å². The van der Waals surface area contributed by atoms with E-state index in [4.69, 9.17) is 11.6 Å². The Balaban J connectivity index is 1.38. The second kappa shape index (κ2) is 9.88. The van der Waals surface area contributed by atoms with E-state index >= 15 is 0 Å². The van der Waals surface area contributed by atoms with E-state index in [0.717, 1.165) is 28.2 Å². The molecular formula is C27H24ClF3N8. The number of hydrogen-bond acceptors (Lipinski definition) is 5. The van der Waals surface area contributed by atoms with Crippen molar-refractivity contribution in [1.29, 1.82) is 0 Å². The van der Waals surface area contributed by atoms with Gasteiger partial charge in [0.1, 0.15) is 17.5 Å². The molecule has 0 aliphatic carbocycles. The van der Waals surface area contributed by atoms with Gasteiger partial charge in [0.2, 0.25) is 0 Å². The molecule has 0 amide bonds. The molecule has 5 heterocycles. The van der Waals surface area contributed by atoms with E-state index in [2.05, 4.69) is 30.2 Å². The zero-order valence-electron chi connectivity index (χ0n) is 20.9. The van der Waals surface area contributed by atoms with Crippen LogP contribution in [0.1, 0.15) is 23.9 Å². The number of alkyl halides is 3. The SMILES string of the molecule is Cn1nccc1Nc1cc(-c2cc3n(c2)C[C@H](Cc2ccccc2)n2c(CCC(F)(F)F)nnc2-3)c(Cl)cn1. The van der Waals surface area contributed by atoms with Crippen LogP contribution in [0.15, 0.2) is 67.1 Å². The summed E-state index contributed by atoms with van der Waals surface area (Å²) < 4.78 is 44.9. The number of nitrogens with zero attached hydrogens (tertiary/aromatic N) is 7. The molecule has 0 spiro atoms. The minimum absolute atomic E-state index is 0.150. The van der Waals surface area contributed by atoms with Gasteiger partial charge in [0.15, 0.2) is 5.82 Å². The van der Waals surface area contributed by atoms with Gasteiger partial charge in [-0.2, -0.15) is 18.3 Å². The molecule has 1 aromatic carbocycles. The number of anilines is 2. The Morgan fingerprint density at radius 2 is 1.92 bits per heavy atom. The van der Waals surface area contributed by atoms with Crippen molar-refractivity contribution in [2.24, 2.45) is 7.05 Å². The zero-order valence-corrected chi connectivity index (χ0v) is 21.7. The largest absolute Gasteiger partial charge is 0.389 e. The van der Waals surface area contributed by atoms with Crippen molar-refractivity contribution in [3.63, 3.8) is 0 Å². The molecular weight excluding hydrogens is 529 g/mol. The predicted molar refractivity (Wildman–Crippen MR) is 142 cm³/mol. The zero-order chi connectivity index (χ0) is 27.1. The van der Waals surface area contributed by atoms with Crippen LogP contribution in [0.3, 0.4) is 0 Å². The smallest absolute Gasteiger partial charge is 0.342 e. The minimum Gasteiger partial charge on any atom is -0.342 e. The first-order valence-electron chi connectivity index (χ1n) is 12.4. The highest BCUT2D eigenvalue weighted by atomic mass is 35.5. The first kappa shape index (κ1) is 25.2. The lowest BCUT2D eigenvalue weighted by molar-refractivity contribution is -0.134. The summed E-state index contributed by atoms with van der Waals surface area (Å²) in [6.07, 6.45) is 0.447. The topological polar surface area (TPSA) is 78.4 Å². The third-order valence-corrected chi connectivity index (χ3v) is 7.16. The number of fused-ring (bicyclic) bond motifs is 3. The maximum absolute atomic E-state index is 13.1. The standard InChI is InChI=1S/C27H24ClF3N8/c1-37-24(8-10-33-37)34-23-13-20(21(28)14-32-23)18-12-22-26-36-35-25(7-9-27(29,30)31)39(26)19(16-38(22)15-18)11-17-5-3-2-4-6-17/h2-6,8,10,12-15,19H,7,9,11,16H2,1H3,(H,32,34)/t19-/m0/s1. The van der Waals surface area contributed by atoms with Crippen LogP contribution in [-0.4, -0.2) is 40.3 Å². The van der Waals surface area contributed by atoms with E-state index in [1.807, 2.05) is 66.3 Å². The van der Waals surface area contributed by atoms with Crippen molar-refractivity contribution in [2.45, 2.75) is 38.0 Å². The van der Waals surface area contributed by atoms with Crippen LogP contribution in [0.4, 0.5) is 24.8 Å². The third-order valence-electron chi connectivity index (χ3n) is 6.85. The Morgan fingerprint density at radius 3 is 2.67 bits per heavy atom. The van der Waals surface area contributed by atoms with E-state index in [1.165, 1.54) is 0 Å². The lowest BCUT2D eigenvalue weighted by Gasteiger charge is -2.28. The fourth-order valence-electron chi connectivity index (χ4n) is 5.01. The van der Waals surface area contributed by atoms with Crippen LogP contribution >= 0.6 is 11.6 Å². The molecule has 8 nitrogen and oxygen atoms in total. The number of aromatic nitrogens is 7. The molecule has 1 aliphatic heterocycles. The predicted octanol–water partition coefficient (Wildman–Crippen LogP) is 6.23. The lowest BCUT2D eigenvalue weighted by Crippen LogP contribution is -2.26. The molecule has 0 bridgehead atoms. The molecule has 4 aromatic heterocycles. The first-order valence-corrected chi connectivity index (χ1v) is 12.8. The maximum atomic E-state index is 13.1. The van der Waals surface area contributed by atoms with Gasteiger partial charge in [-0.25, -0.2) is 4.98 Å². The molecule has 0 saturated carbocycles. The molecule has 1 aliphatic rings. The molecule has 5 aromatic rings. The summed E-state index contributed by atoms with van der Waals surface area (Å²) in [6.45, 7) is 0.553. The second-order valence-corrected chi connectivity index (χ2v) is 9.96. The van der Waals surface area contributed by atoms with Crippen LogP contribution in [0.5, 0.6) is 0 Å². The number of halogens is 4. The summed E-state index contributed by atoms with van der Waals surface area (Å²) in [6, 6.07) is 15.4. The van der Waals surface area contributed by atoms with Crippen LogP contribution in [0.25, 0.3) is 22.6 Å². The summed E-state index contributed by atoms with van der Waals surface area (Å²) in [7, 11) is 1.83. The van der Waals surface area contributed by atoms with E-state index in [0.29, 0.717) is 35.5 Å². The highest BCUT2D eigenvalue weighted by Crippen LogP contribution is 2.39. The maximum Gasteiger partial charge on any atom is 0.389 e. The van der Waals surface area contributed by atoms with Crippen LogP contribution < -0.4 is 5.32 Å². The molecule has 6 rings (SSSR count). The van der Waals surface area contributed by atoms with Gasteiger partial charge in [-0.1, -0.05) is 41.9 Å². The van der Waals surface area contributed by atoms with Crippen LogP contribution in [-0.2, 0) is 26.4 Å². The van der Waals surface area contributed by atoms with Gasteiger partial charge in [0.05, 0.1) is 29.4 Å². The summed E-state index contributed by atoms with van der Waals surface area (Å²) in [5.74, 6) is 2.25. The Labute approximate surface area is 227 Å². The van der Waals surface area contributed by atoms with E-state index in [1.54, 1.807) is 17.1 Å². The normalized spacial score (nSPS) is 14.7. The summed E-state index contributed by atoms with van der Waals surface area (Å²) in [5.41, 5.74) is 3.47. The molecule has 12 heteroatoms. The third kappa shape index (κ3) is 5.14. The molecule has 200 valence electrons. The minimum atomic E-state index is -4.28. The van der Waals surface area contributed by atoms with Crippen molar-refractivity contribution in [3.8, 4) is 22.6 Å². The highest BCUT2D eigenvalue weighted by molar-refractivity contribution is 6.33. The van der Waals surface area contributed by atoms with Gasteiger partial charge in [0.25, 0.3) is 0 Å². The van der Waals surface area contributed by atoms with Gasteiger partial charge < -0.3 is 14.5 Å². The first-order chi connectivity index (χ1) is 18.7. The van der Waals surface area contributed by atoms with Crippen LogP contribution in [0, 0.1) is 0 Å². The Morgan fingerprint density at radius 1 is 1.10 bits per heavy atom. The fraction of sp³-hybridized carbons (Fsp3) is 0.259. The van der Waals surface area contributed by atoms with Crippen molar-refractivity contribution in [2.75, 3.05) is 5.32 Å². The highest BCUT2D eigenvalue weighted by Gasteiger charge is 2.33. The number of benzene rings is 1. The average Bonchev–Trinajstić information content (AvgIpc) is 3.62. The summed E-state index contributed by atoms with van der Waals surface area (Å²) >= 11 is 6.57.